The van der Waals surface area contributed by atoms with Crippen molar-refractivity contribution in [3.63, 3.8) is 0 Å². The minimum Gasteiger partial charge on any atom is -0.282 e. The molecule has 0 spiro atoms. The van der Waals surface area contributed by atoms with Crippen LogP contribution in [0.4, 0.5) is 5.69 Å². The first-order valence-corrected chi connectivity index (χ1v) is 9.64. The first-order valence-electron chi connectivity index (χ1n) is 5.97. The van der Waals surface area contributed by atoms with E-state index in [-0.39, 0.29) is 28.8 Å². The predicted molar refractivity (Wildman–Crippen MR) is 80.1 cm³/mol. The molecule has 1 rings (SSSR count). The van der Waals surface area contributed by atoms with Crippen LogP contribution in [0.2, 0.25) is 0 Å². The highest BCUT2D eigenvalue weighted by molar-refractivity contribution is 7.93. The third-order valence-electron chi connectivity index (χ3n) is 2.32. The predicted octanol–water partition coefficient (Wildman–Crippen LogP) is 1.36. The fourth-order valence-electron chi connectivity index (χ4n) is 1.52. The molecule has 1 aromatic rings. The summed E-state index contributed by atoms with van der Waals surface area (Å²) in [6.07, 6.45) is 0.291. The maximum absolute atomic E-state index is 12.0. The van der Waals surface area contributed by atoms with E-state index in [1.54, 1.807) is 13.0 Å². The number of hydrogen-bond acceptors (Lipinski definition) is 4. The van der Waals surface area contributed by atoms with Gasteiger partial charge in [-0.05, 0) is 18.6 Å². The summed E-state index contributed by atoms with van der Waals surface area (Å²) in [4.78, 5) is -0.101. The first-order chi connectivity index (χ1) is 9.32. The van der Waals surface area contributed by atoms with Crippen LogP contribution in [0.15, 0.2) is 29.2 Å². The lowest BCUT2D eigenvalue weighted by Crippen LogP contribution is -2.25. The van der Waals surface area contributed by atoms with E-state index in [9.17, 15) is 16.8 Å². The lowest BCUT2D eigenvalue weighted by Gasteiger charge is -2.12. The Bertz CT molecular complexity index is 644. The number of rotatable bonds is 8. The smallest absolute Gasteiger partial charge is 0.242 e. The van der Waals surface area contributed by atoms with Gasteiger partial charge in [0.15, 0.2) is 0 Å². The van der Waals surface area contributed by atoms with Crippen LogP contribution < -0.4 is 9.44 Å². The van der Waals surface area contributed by atoms with E-state index < -0.39 is 20.0 Å². The van der Waals surface area contributed by atoms with Gasteiger partial charge < -0.3 is 0 Å². The Balaban J connectivity index is 3.09. The fraction of sp³-hybridized carbons (Fsp3) is 0.455. The number of para-hydroxylation sites is 1. The monoisotopic (exact) mass is 340 g/mol. The van der Waals surface area contributed by atoms with Crippen molar-refractivity contribution < 1.29 is 16.8 Å². The van der Waals surface area contributed by atoms with Gasteiger partial charge in [-0.1, -0.05) is 19.1 Å². The van der Waals surface area contributed by atoms with Crippen LogP contribution in [0.1, 0.15) is 13.3 Å². The second-order valence-corrected chi connectivity index (χ2v) is 7.92. The van der Waals surface area contributed by atoms with Crippen molar-refractivity contribution in [2.75, 3.05) is 22.9 Å². The van der Waals surface area contributed by atoms with E-state index in [1.807, 2.05) is 0 Å². The molecule has 2 N–H and O–H groups in total. The van der Waals surface area contributed by atoms with E-state index in [1.165, 1.54) is 18.2 Å². The summed E-state index contributed by atoms with van der Waals surface area (Å²) in [5.74, 6) is 0.0599. The van der Waals surface area contributed by atoms with Gasteiger partial charge in [-0.3, -0.25) is 4.72 Å². The number of halogens is 1. The lowest BCUT2D eigenvalue weighted by molar-refractivity contribution is 0.584. The molecule has 0 bridgehead atoms. The van der Waals surface area contributed by atoms with Crippen LogP contribution >= 0.6 is 11.6 Å². The Kier molecular flexibility index (Phi) is 6.25. The zero-order valence-corrected chi connectivity index (χ0v) is 13.4. The molecule has 0 amide bonds. The highest BCUT2D eigenvalue weighted by atomic mass is 35.5. The lowest BCUT2D eigenvalue weighted by atomic mass is 10.3. The number of sulfonamides is 2. The average Bonchev–Trinajstić information content (AvgIpc) is 2.36. The number of benzene rings is 1. The van der Waals surface area contributed by atoms with Crippen molar-refractivity contribution in [3.05, 3.63) is 24.3 Å². The van der Waals surface area contributed by atoms with Gasteiger partial charge in [-0.25, -0.2) is 21.6 Å². The van der Waals surface area contributed by atoms with E-state index in [0.29, 0.717) is 6.42 Å². The molecule has 0 saturated carbocycles. The molecule has 9 heteroatoms. The highest BCUT2D eigenvalue weighted by Gasteiger charge is 2.20. The number of nitrogens with one attached hydrogen (secondary N) is 2. The molecular formula is C11H17ClN2O4S2. The van der Waals surface area contributed by atoms with Crippen LogP contribution in [0.5, 0.6) is 0 Å². The summed E-state index contributed by atoms with van der Waals surface area (Å²) in [6, 6.07) is 5.84. The molecule has 0 fully saturated rings. The average molecular weight is 341 g/mol. The van der Waals surface area contributed by atoms with Gasteiger partial charge in [0, 0.05) is 12.4 Å². The van der Waals surface area contributed by atoms with Crippen LogP contribution in [0.25, 0.3) is 0 Å². The van der Waals surface area contributed by atoms with Crippen molar-refractivity contribution >= 4 is 37.3 Å². The largest absolute Gasteiger partial charge is 0.282 e. The van der Waals surface area contributed by atoms with Gasteiger partial charge in [-0.15, -0.1) is 11.6 Å². The topological polar surface area (TPSA) is 92.3 Å². The summed E-state index contributed by atoms with van der Waals surface area (Å²) >= 11 is 5.46. The van der Waals surface area contributed by atoms with Crippen molar-refractivity contribution in [3.8, 4) is 0 Å². The molecule has 0 unspecified atom stereocenters. The van der Waals surface area contributed by atoms with Gasteiger partial charge in [0.25, 0.3) is 0 Å². The van der Waals surface area contributed by atoms with Crippen molar-refractivity contribution in [1.29, 1.82) is 0 Å². The van der Waals surface area contributed by atoms with Crippen LogP contribution in [0.3, 0.4) is 0 Å². The van der Waals surface area contributed by atoms with Gasteiger partial charge >= 0.3 is 0 Å². The van der Waals surface area contributed by atoms with E-state index >= 15 is 0 Å². The number of anilines is 1. The van der Waals surface area contributed by atoms with Crippen molar-refractivity contribution in [2.45, 2.75) is 18.2 Å². The molecule has 0 atom stereocenters. The first kappa shape index (κ1) is 17.2. The summed E-state index contributed by atoms with van der Waals surface area (Å²) in [6.45, 7) is 1.86. The van der Waals surface area contributed by atoms with Crippen LogP contribution in [-0.2, 0) is 20.0 Å². The van der Waals surface area contributed by atoms with Gasteiger partial charge in [0.05, 0.1) is 11.4 Å². The number of hydrogen-bond donors (Lipinski definition) is 2. The summed E-state index contributed by atoms with van der Waals surface area (Å²) in [5.41, 5.74) is 0.0306. The molecular weight excluding hydrogens is 324 g/mol. The number of alkyl halides is 1. The third kappa shape index (κ3) is 4.93. The maximum Gasteiger partial charge on any atom is 0.242 e. The standard InChI is InChI=1S/C11H17ClN2O4S2/c1-2-13-20(17,18)11-7-4-3-6-10(11)14-19(15,16)9-5-8-12/h3-4,6-7,13-14H,2,5,8-9H2,1H3. The summed E-state index contributed by atoms with van der Waals surface area (Å²) in [5, 5.41) is 0. The van der Waals surface area contributed by atoms with E-state index in [2.05, 4.69) is 9.44 Å². The molecule has 0 aliphatic rings. The molecule has 6 nitrogen and oxygen atoms in total. The summed E-state index contributed by atoms with van der Waals surface area (Å²) in [7, 11) is -7.36. The third-order valence-corrected chi connectivity index (χ3v) is 5.55. The Hall–Kier alpha value is -0.830. The molecule has 0 heterocycles. The molecule has 1 aromatic carbocycles. The van der Waals surface area contributed by atoms with Gasteiger partial charge in [-0.2, -0.15) is 0 Å². The second-order valence-electron chi connectivity index (χ2n) is 3.96. The SMILES string of the molecule is CCNS(=O)(=O)c1ccccc1NS(=O)(=O)CCCCl. The minimum absolute atomic E-state index is 0.0306. The van der Waals surface area contributed by atoms with Crippen molar-refractivity contribution in [2.24, 2.45) is 0 Å². The molecule has 0 saturated heterocycles. The van der Waals surface area contributed by atoms with Crippen LogP contribution in [-0.4, -0.2) is 35.0 Å². The maximum atomic E-state index is 12.0. The normalized spacial score (nSPS) is 12.3. The Labute approximate surface area is 124 Å². The second kappa shape index (κ2) is 7.26. The van der Waals surface area contributed by atoms with E-state index in [4.69, 9.17) is 11.6 Å². The molecule has 0 aliphatic carbocycles. The van der Waals surface area contributed by atoms with Gasteiger partial charge in [0.1, 0.15) is 4.90 Å². The van der Waals surface area contributed by atoms with Crippen LogP contribution in [0, 0.1) is 0 Å². The minimum atomic E-state index is -3.74. The van der Waals surface area contributed by atoms with Gasteiger partial charge in [0.2, 0.25) is 20.0 Å². The Morgan fingerprint density at radius 3 is 2.40 bits per heavy atom. The molecule has 0 aliphatic heterocycles. The zero-order valence-electron chi connectivity index (χ0n) is 11.0. The zero-order chi connectivity index (χ0) is 15.2. The molecule has 20 heavy (non-hydrogen) atoms. The molecule has 0 radical (unpaired) electrons. The Morgan fingerprint density at radius 2 is 1.80 bits per heavy atom. The van der Waals surface area contributed by atoms with E-state index in [0.717, 1.165) is 0 Å². The molecule has 0 aromatic heterocycles. The Morgan fingerprint density at radius 1 is 1.15 bits per heavy atom. The summed E-state index contributed by atoms with van der Waals surface area (Å²) < 4.78 is 52.2. The molecule has 114 valence electrons. The highest BCUT2D eigenvalue weighted by Crippen LogP contribution is 2.21. The van der Waals surface area contributed by atoms with Crippen molar-refractivity contribution in [1.82, 2.24) is 4.72 Å². The fourth-order valence-corrected chi connectivity index (χ4v) is 4.21. The quantitative estimate of drug-likeness (QED) is 0.699.